The summed E-state index contributed by atoms with van der Waals surface area (Å²) in [6.07, 6.45) is 2.25. The van der Waals surface area contributed by atoms with E-state index in [1.165, 1.54) is 0 Å². The van der Waals surface area contributed by atoms with Crippen molar-refractivity contribution in [3.63, 3.8) is 0 Å². The molecule has 7 atom stereocenters. The molecule has 0 bridgehead atoms. The molecule has 4 aliphatic rings. The molecule has 2 aromatic rings. The molecule has 164 valence electrons. The summed E-state index contributed by atoms with van der Waals surface area (Å²) < 4.78 is 0. The van der Waals surface area contributed by atoms with E-state index in [1.807, 2.05) is 48.5 Å². The zero-order valence-electron chi connectivity index (χ0n) is 17.5. The van der Waals surface area contributed by atoms with Crippen molar-refractivity contribution in [2.24, 2.45) is 27.7 Å². The highest BCUT2D eigenvalue weighted by molar-refractivity contribution is 6.09. The number of aliphatic hydroxyl groups excluding tert-OH is 3. The molecule has 2 aliphatic carbocycles. The van der Waals surface area contributed by atoms with Crippen molar-refractivity contribution in [3.8, 4) is 0 Å². The van der Waals surface area contributed by atoms with Crippen LogP contribution in [-0.2, 0) is 0 Å². The zero-order valence-corrected chi connectivity index (χ0v) is 17.5. The van der Waals surface area contributed by atoms with Crippen LogP contribution in [0.25, 0.3) is 5.57 Å². The summed E-state index contributed by atoms with van der Waals surface area (Å²) in [5.41, 5.74) is 2.48. The van der Waals surface area contributed by atoms with Crippen LogP contribution >= 0.6 is 0 Å². The number of hydrogen-bond donors (Lipinski definition) is 4. The summed E-state index contributed by atoms with van der Waals surface area (Å²) in [4.78, 5) is 11.5. The van der Waals surface area contributed by atoms with Gasteiger partial charge >= 0.3 is 0 Å². The molecule has 7 nitrogen and oxygen atoms in total. The lowest BCUT2D eigenvalue weighted by Crippen LogP contribution is -2.51. The van der Waals surface area contributed by atoms with Gasteiger partial charge < -0.3 is 25.5 Å². The van der Waals surface area contributed by atoms with Crippen molar-refractivity contribution in [2.45, 2.75) is 30.3 Å². The van der Waals surface area contributed by atoms with Crippen LogP contribution in [-0.4, -0.2) is 62.9 Å². The third-order valence-electron chi connectivity index (χ3n) is 7.57. The Balaban J connectivity index is 1.41. The molecule has 2 fully saturated rings. The van der Waals surface area contributed by atoms with Crippen molar-refractivity contribution >= 4 is 23.4 Å². The Hall–Kier alpha value is -3.00. The maximum Gasteiger partial charge on any atom is 0.137 e. The second-order valence-corrected chi connectivity index (χ2v) is 9.10. The lowest BCUT2D eigenvalue weighted by Gasteiger charge is -2.37. The summed E-state index contributed by atoms with van der Waals surface area (Å²) in [7, 11) is 0. The number of nitrogens with one attached hydrogen (secondary N) is 1. The molecule has 5 unspecified atom stereocenters. The average molecular weight is 431 g/mol. The Morgan fingerprint density at radius 3 is 2.44 bits per heavy atom. The fourth-order valence-electron chi connectivity index (χ4n) is 5.96. The molecular weight excluding hydrogens is 404 g/mol. The highest BCUT2D eigenvalue weighted by atomic mass is 16.3. The van der Waals surface area contributed by atoms with Gasteiger partial charge in [-0.05, 0) is 35.6 Å². The first-order valence-electron chi connectivity index (χ1n) is 11.1. The van der Waals surface area contributed by atoms with Gasteiger partial charge in [0.1, 0.15) is 24.4 Å². The number of amidine groups is 1. The second-order valence-electron chi connectivity index (χ2n) is 9.10. The van der Waals surface area contributed by atoms with Crippen molar-refractivity contribution in [1.82, 2.24) is 4.90 Å². The lowest BCUT2D eigenvalue weighted by atomic mass is 9.91. The first-order chi connectivity index (χ1) is 15.6. The zero-order chi connectivity index (χ0) is 21.9. The third kappa shape index (κ3) is 2.71. The van der Waals surface area contributed by atoms with Gasteiger partial charge in [-0.15, -0.1) is 0 Å². The standard InChI is InChI=1S/C25H26N4O3/c30-13-18-19-11-25(19,22(32)21(18)31)29-12-17(15-7-3-1-4-8-15)20-23(26-14-27-24(20)29)28-16-9-5-2-6-10-16/h1-10,12,14,18-22,24,30-32H,11,13H2,(H,26,27,28)/t18?,19-,20?,21?,22?,24?,25+/m0/s1. The maximum absolute atomic E-state index is 11.0. The molecule has 2 saturated carbocycles. The summed E-state index contributed by atoms with van der Waals surface area (Å²) in [5, 5.41) is 34.9. The lowest BCUT2D eigenvalue weighted by molar-refractivity contribution is -0.0415. The third-order valence-corrected chi connectivity index (χ3v) is 7.57. The molecule has 6 rings (SSSR count). The van der Waals surface area contributed by atoms with E-state index in [9.17, 15) is 15.3 Å². The molecule has 0 spiro atoms. The fourth-order valence-corrected chi connectivity index (χ4v) is 5.96. The van der Waals surface area contributed by atoms with Crippen LogP contribution in [0, 0.1) is 17.8 Å². The molecule has 0 aromatic heterocycles. The van der Waals surface area contributed by atoms with E-state index < -0.39 is 17.7 Å². The predicted octanol–water partition coefficient (Wildman–Crippen LogP) is 1.94. The number of rotatable bonds is 4. The minimum absolute atomic E-state index is 0.0316. The topological polar surface area (TPSA) is 101 Å². The van der Waals surface area contributed by atoms with Crippen LogP contribution in [0.2, 0.25) is 0 Å². The molecule has 0 saturated heterocycles. The van der Waals surface area contributed by atoms with Crippen LogP contribution in [0.5, 0.6) is 0 Å². The van der Waals surface area contributed by atoms with Crippen LogP contribution in [0.15, 0.2) is 76.8 Å². The highest BCUT2D eigenvalue weighted by Crippen LogP contribution is 2.64. The van der Waals surface area contributed by atoms with E-state index in [0.717, 1.165) is 29.1 Å². The molecule has 2 heterocycles. The molecule has 32 heavy (non-hydrogen) atoms. The summed E-state index contributed by atoms with van der Waals surface area (Å²) in [5.74, 6) is 0.370. The van der Waals surface area contributed by atoms with E-state index in [4.69, 9.17) is 4.99 Å². The van der Waals surface area contributed by atoms with Gasteiger partial charge in [0, 0.05) is 24.4 Å². The SMILES string of the molecule is OCC1C(O)C(O)[C@@]2(N3C=C(c4ccccc4)C4C(Nc5ccccc5)=NC=NC43)C[C@@H]12. The molecule has 2 aromatic carbocycles. The van der Waals surface area contributed by atoms with Crippen LogP contribution < -0.4 is 5.32 Å². The number of fused-ring (bicyclic) bond motifs is 2. The molecule has 7 heteroatoms. The summed E-state index contributed by atoms with van der Waals surface area (Å²) in [6, 6.07) is 20.1. The molecule has 2 aliphatic heterocycles. The second kappa shape index (κ2) is 7.27. The van der Waals surface area contributed by atoms with Gasteiger partial charge in [0.25, 0.3) is 0 Å². The van der Waals surface area contributed by atoms with Gasteiger partial charge in [0.05, 0.1) is 17.6 Å². The van der Waals surface area contributed by atoms with Crippen LogP contribution in [0.3, 0.4) is 0 Å². The highest BCUT2D eigenvalue weighted by Gasteiger charge is 2.74. The Bertz CT molecular complexity index is 1100. The Kier molecular flexibility index (Phi) is 4.47. The largest absolute Gasteiger partial charge is 0.396 e. The van der Waals surface area contributed by atoms with Gasteiger partial charge in [-0.2, -0.15) is 0 Å². The van der Waals surface area contributed by atoms with Crippen molar-refractivity contribution < 1.29 is 15.3 Å². The smallest absolute Gasteiger partial charge is 0.137 e. The molecule has 0 amide bonds. The number of aliphatic hydroxyl groups is 3. The fraction of sp³-hybridized carbons (Fsp3) is 0.360. The van der Waals surface area contributed by atoms with Crippen LogP contribution in [0.4, 0.5) is 5.69 Å². The average Bonchev–Trinajstić information content (AvgIpc) is 3.37. The number of para-hydroxylation sites is 1. The predicted molar refractivity (Wildman–Crippen MR) is 123 cm³/mol. The summed E-state index contributed by atoms with van der Waals surface area (Å²) >= 11 is 0. The number of aliphatic imine (C=N–C) groups is 2. The molecule has 4 N–H and O–H groups in total. The van der Waals surface area contributed by atoms with Crippen molar-refractivity contribution in [2.75, 3.05) is 11.9 Å². The maximum atomic E-state index is 11.0. The van der Waals surface area contributed by atoms with Crippen molar-refractivity contribution in [1.29, 1.82) is 0 Å². The van der Waals surface area contributed by atoms with E-state index in [1.54, 1.807) is 6.34 Å². The number of benzene rings is 2. The minimum Gasteiger partial charge on any atom is -0.396 e. The van der Waals surface area contributed by atoms with Crippen molar-refractivity contribution in [3.05, 3.63) is 72.4 Å². The normalized spacial score (nSPS) is 36.9. The van der Waals surface area contributed by atoms with E-state index in [0.29, 0.717) is 0 Å². The molecule has 0 radical (unpaired) electrons. The van der Waals surface area contributed by atoms with Gasteiger partial charge in [-0.1, -0.05) is 48.5 Å². The van der Waals surface area contributed by atoms with Gasteiger partial charge in [0.2, 0.25) is 0 Å². The molecular formula is C25H26N4O3. The summed E-state index contributed by atoms with van der Waals surface area (Å²) in [6.45, 7) is -0.132. The Morgan fingerprint density at radius 1 is 1.03 bits per heavy atom. The van der Waals surface area contributed by atoms with Gasteiger partial charge in [-0.25, -0.2) is 9.98 Å². The van der Waals surface area contributed by atoms with Gasteiger partial charge in [-0.3, -0.25) is 0 Å². The van der Waals surface area contributed by atoms with Crippen LogP contribution in [0.1, 0.15) is 12.0 Å². The van der Waals surface area contributed by atoms with E-state index in [2.05, 4.69) is 33.5 Å². The number of hydrogen-bond acceptors (Lipinski definition) is 7. The Labute approximate surface area is 186 Å². The Morgan fingerprint density at radius 2 is 1.75 bits per heavy atom. The first kappa shape index (κ1) is 19.7. The number of nitrogens with zero attached hydrogens (tertiary/aromatic N) is 3. The van der Waals surface area contributed by atoms with Gasteiger partial charge in [0.15, 0.2) is 0 Å². The first-order valence-corrected chi connectivity index (χ1v) is 11.1. The van der Waals surface area contributed by atoms with E-state index in [-0.39, 0.29) is 30.5 Å². The minimum atomic E-state index is -0.936. The quantitative estimate of drug-likeness (QED) is 0.594. The van der Waals surface area contributed by atoms with E-state index >= 15 is 0 Å². The number of anilines is 1. The monoisotopic (exact) mass is 430 g/mol.